The van der Waals surface area contributed by atoms with Crippen LogP contribution in [0.4, 0.5) is 0 Å². The minimum Gasteiger partial charge on any atom is -0.497 e. The fourth-order valence-electron chi connectivity index (χ4n) is 2.61. The van der Waals surface area contributed by atoms with E-state index in [-0.39, 0.29) is 24.4 Å². The molecule has 8 heteroatoms. The molecule has 0 aliphatic heterocycles. The Balaban J connectivity index is 1.74. The van der Waals surface area contributed by atoms with Crippen molar-refractivity contribution in [2.75, 3.05) is 21.3 Å². The number of carbonyl (C=O) groups excluding carboxylic acids is 1. The molecule has 0 radical (unpaired) electrons. The molecule has 26 heavy (non-hydrogen) atoms. The molecule has 0 aliphatic rings. The van der Waals surface area contributed by atoms with E-state index in [0.29, 0.717) is 27.5 Å². The number of aromatic nitrogens is 2. The van der Waals surface area contributed by atoms with Gasteiger partial charge in [-0.25, -0.2) is 4.98 Å². The zero-order valence-electron chi connectivity index (χ0n) is 14.7. The number of carbonyl (C=O) groups is 1. The van der Waals surface area contributed by atoms with Crippen LogP contribution in [0.1, 0.15) is 11.4 Å². The monoisotopic (exact) mass is 373 g/mol. The number of fused-ring (bicyclic) bond motifs is 1. The van der Waals surface area contributed by atoms with Crippen molar-refractivity contribution >= 4 is 27.5 Å². The molecule has 136 valence electrons. The van der Waals surface area contributed by atoms with Crippen molar-refractivity contribution in [3.05, 3.63) is 51.4 Å². The number of nitrogens with one attached hydrogen (secondary N) is 1. The van der Waals surface area contributed by atoms with Crippen LogP contribution in [-0.4, -0.2) is 42.0 Å². The Kier molecular flexibility index (Phi) is 5.22. The molecule has 3 rings (SSSR count). The van der Waals surface area contributed by atoms with Gasteiger partial charge in [0.1, 0.15) is 22.0 Å². The zero-order chi connectivity index (χ0) is 18.7. The number of hydrogen-bond acceptors (Lipinski definition) is 6. The Morgan fingerprint density at radius 2 is 2.08 bits per heavy atom. The van der Waals surface area contributed by atoms with E-state index >= 15 is 0 Å². The lowest BCUT2D eigenvalue weighted by Gasteiger charge is -2.17. The van der Waals surface area contributed by atoms with Crippen molar-refractivity contribution in [1.82, 2.24) is 14.9 Å². The number of thiophene rings is 1. The molecule has 0 fully saturated rings. The van der Waals surface area contributed by atoms with Gasteiger partial charge in [0, 0.05) is 18.7 Å². The Bertz CT molecular complexity index is 996. The number of nitrogens with zero attached hydrogens (tertiary/aromatic N) is 2. The first-order valence-electron chi connectivity index (χ1n) is 7.93. The lowest BCUT2D eigenvalue weighted by molar-refractivity contribution is -0.129. The second kappa shape index (κ2) is 7.57. The van der Waals surface area contributed by atoms with Crippen LogP contribution in [0.15, 0.2) is 34.4 Å². The molecule has 7 nitrogen and oxygen atoms in total. The summed E-state index contributed by atoms with van der Waals surface area (Å²) >= 11 is 1.35. The third kappa shape index (κ3) is 3.70. The predicted octanol–water partition coefficient (Wildman–Crippen LogP) is 2.20. The predicted molar refractivity (Wildman–Crippen MR) is 100.0 cm³/mol. The van der Waals surface area contributed by atoms with Gasteiger partial charge in [-0.3, -0.25) is 9.59 Å². The molecule has 2 heterocycles. The van der Waals surface area contributed by atoms with Gasteiger partial charge in [-0.2, -0.15) is 0 Å². The summed E-state index contributed by atoms with van der Waals surface area (Å²) in [5.41, 5.74) is 1.23. The number of likely N-dealkylation sites (N-methyl/N-ethyl adjacent to an activating group) is 1. The van der Waals surface area contributed by atoms with E-state index in [1.807, 2.05) is 5.38 Å². The van der Waals surface area contributed by atoms with Gasteiger partial charge in [0.2, 0.25) is 5.91 Å². The number of aromatic amines is 1. The minimum absolute atomic E-state index is 0.110. The summed E-state index contributed by atoms with van der Waals surface area (Å²) in [6.07, 6.45) is 0.175. The first kappa shape index (κ1) is 17.9. The maximum Gasteiger partial charge on any atom is 0.268 e. The van der Waals surface area contributed by atoms with E-state index in [1.54, 1.807) is 45.5 Å². The molecule has 0 saturated heterocycles. The summed E-state index contributed by atoms with van der Waals surface area (Å²) in [7, 11) is 4.80. The average Bonchev–Trinajstić information content (AvgIpc) is 3.11. The van der Waals surface area contributed by atoms with Gasteiger partial charge in [0.15, 0.2) is 0 Å². The van der Waals surface area contributed by atoms with Crippen molar-refractivity contribution in [1.29, 1.82) is 0 Å². The van der Waals surface area contributed by atoms with Crippen molar-refractivity contribution in [3.63, 3.8) is 0 Å². The zero-order valence-corrected chi connectivity index (χ0v) is 15.6. The SMILES string of the molecule is COc1ccc(CC(=O)N(C)Cc2nc3ccsc3c(=O)[nH]2)c(OC)c1. The highest BCUT2D eigenvalue weighted by Crippen LogP contribution is 2.25. The number of benzene rings is 1. The highest BCUT2D eigenvalue weighted by Gasteiger charge is 2.15. The second-order valence-electron chi connectivity index (χ2n) is 5.75. The van der Waals surface area contributed by atoms with Gasteiger partial charge in [-0.15, -0.1) is 11.3 Å². The van der Waals surface area contributed by atoms with Crippen molar-refractivity contribution < 1.29 is 14.3 Å². The molecule has 1 N–H and O–H groups in total. The first-order chi connectivity index (χ1) is 12.5. The maximum atomic E-state index is 12.6. The third-order valence-electron chi connectivity index (χ3n) is 4.01. The Labute approximate surface area is 154 Å². The number of hydrogen-bond donors (Lipinski definition) is 1. The van der Waals surface area contributed by atoms with Gasteiger partial charge in [0.05, 0.1) is 32.7 Å². The molecular weight excluding hydrogens is 354 g/mol. The van der Waals surface area contributed by atoms with E-state index in [1.165, 1.54) is 16.2 Å². The Hall–Kier alpha value is -2.87. The standard InChI is InChI=1S/C18H19N3O4S/c1-21(10-15-19-13-6-7-26-17(13)18(23)20-15)16(22)8-11-4-5-12(24-2)9-14(11)25-3/h4-7,9H,8,10H2,1-3H3,(H,19,20,23). The molecule has 0 bridgehead atoms. The number of rotatable bonds is 6. The molecule has 1 amide bonds. The smallest absolute Gasteiger partial charge is 0.268 e. The van der Waals surface area contributed by atoms with Gasteiger partial charge in [-0.1, -0.05) is 6.07 Å². The molecular formula is C18H19N3O4S. The summed E-state index contributed by atoms with van der Waals surface area (Å²) in [5.74, 6) is 1.61. The van der Waals surface area contributed by atoms with Crippen LogP contribution in [0, 0.1) is 0 Å². The van der Waals surface area contributed by atoms with E-state index in [4.69, 9.17) is 9.47 Å². The molecule has 0 atom stereocenters. The van der Waals surface area contributed by atoms with Crippen LogP contribution in [0.3, 0.4) is 0 Å². The van der Waals surface area contributed by atoms with Gasteiger partial charge >= 0.3 is 0 Å². The second-order valence-corrected chi connectivity index (χ2v) is 6.67. The lowest BCUT2D eigenvalue weighted by Crippen LogP contribution is -2.29. The van der Waals surface area contributed by atoms with Gasteiger partial charge < -0.3 is 19.4 Å². The van der Waals surface area contributed by atoms with E-state index in [9.17, 15) is 9.59 Å². The minimum atomic E-state index is -0.183. The van der Waals surface area contributed by atoms with Crippen molar-refractivity contribution in [2.45, 2.75) is 13.0 Å². The third-order valence-corrected chi connectivity index (χ3v) is 4.91. The van der Waals surface area contributed by atoms with E-state index < -0.39 is 0 Å². The number of methoxy groups -OCH3 is 2. The lowest BCUT2D eigenvalue weighted by atomic mass is 10.1. The first-order valence-corrected chi connectivity index (χ1v) is 8.81. The molecule has 0 unspecified atom stereocenters. The molecule has 0 aliphatic carbocycles. The molecule has 2 aromatic heterocycles. The molecule has 0 saturated carbocycles. The molecule has 3 aromatic rings. The molecule has 0 spiro atoms. The van der Waals surface area contributed by atoms with Crippen LogP contribution in [0.2, 0.25) is 0 Å². The largest absolute Gasteiger partial charge is 0.497 e. The summed E-state index contributed by atoms with van der Waals surface area (Å²) in [6, 6.07) is 7.13. The van der Waals surface area contributed by atoms with Crippen LogP contribution >= 0.6 is 11.3 Å². The van der Waals surface area contributed by atoms with Crippen LogP contribution in [-0.2, 0) is 17.8 Å². The topological polar surface area (TPSA) is 84.5 Å². The van der Waals surface area contributed by atoms with Gasteiger partial charge in [-0.05, 0) is 17.5 Å². The summed E-state index contributed by atoms with van der Waals surface area (Å²) in [5, 5.41) is 1.82. The highest BCUT2D eigenvalue weighted by atomic mass is 32.1. The summed E-state index contributed by atoms with van der Waals surface area (Å²) in [4.78, 5) is 33.3. The van der Waals surface area contributed by atoms with Crippen LogP contribution < -0.4 is 15.0 Å². The fourth-order valence-corrected chi connectivity index (χ4v) is 3.33. The van der Waals surface area contributed by atoms with E-state index in [2.05, 4.69) is 9.97 Å². The number of amides is 1. The highest BCUT2D eigenvalue weighted by molar-refractivity contribution is 7.17. The maximum absolute atomic E-state index is 12.6. The fraction of sp³-hybridized carbons (Fsp3) is 0.278. The molecule has 1 aromatic carbocycles. The van der Waals surface area contributed by atoms with Crippen molar-refractivity contribution in [2.24, 2.45) is 0 Å². The number of ether oxygens (including phenoxy) is 2. The van der Waals surface area contributed by atoms with Gasteiger partial charge in [0.25, 0.3) is 5.56 Å². The average molecular weight is 373 g/mol. The number of H-pyrrole nitrogens is 1. The Morgan fingerprint density at radius 1 is 1.27 bits per heavy atom. The summed E-state index contributed by atoms with van der Waals surface area (Å²) < 4.78 is 11.1. The van der Waals surface area contributed by atoms with E-state index in [0.717, 1.165) is 5.56 Å². The van der Waals surface area contributed by atoms with Crippen molar-refractivity contribution in [3.8, 4) is 11.5 Å². The normalized spacial score (nSPS) is 10.7. The Morgan fingerprint density at radius 3 is 2.81 bits per heavy atom. The summed E-state index contributed by atoms with van der Waals surface area (Å²) in [6.45, 7) is 0.221. The quantitative estimate of drug-likeness (QED) is 0.716. The van der Waals surface area contributed by atoms with Crippen LogP contribution in [0.5, 0.6) is 11.5 Å². The van der Waals surface area contributed by atoms with Crippen LogP contribution in [0.25, 0.3) is 10.2 Å².